The van der Waals surface area contributed by atoms with E-state index in [4.69, 9.17) is 4.52 Å². The van der Waals surface area contributed by atoms with Gasteiger partial charge in [-0.05, 0) is 48.9 Å². The van der Waals surface area contributed by atoms with Gasteiger partial charge in [-0.2, -0.15) is 4.98 Å². The van der Waals surface area contributed by atoms with Crippen LogP contribution in [0.2, 0.25) is 0 Å². The minimum atomic E-state index is -0.383. The first-order chi connectivity index (χ1) is 10.0. The van der Waals surface area contributed by atoms with E-state index in [1.165, 1.54) is 12.1 Å². The lowest BCUT2D eigenvalue weighted by Crippen LogP contribution is -1.85. The molecule has 0 aliphatic heterocycles. The van der Waals surface area contributed by atoms with Crippen LogP contribution in [0, 0.1) is 12.7 Å². The molecule has 21 heavy (non-hydrogen) atoms. The van der Waals surface area contributed by atoms with Crippen LogP contribution in [0.5, 0.6) is 5.75 Å². The highest BCUT2D eigenvalue weighted by molar-refractivity contribution is 9.10. The standard InChI is InChI=1S/C15H10BrFN2O2/c1-8-4-12(20)2-3-13(8)15-18-14(19-21-15)9-5-10(16)7-11(17)6-9/h2-7,20H,1H3. The fourth-order valence-corrected chi connectivity index (χ4v) is 2.49. The summed E-state index contributed by atoms with van der Waals surface area (Å²) in [4.78, 5) is 4.28. The van der Waals surface area contributed by atoms with Gasteiger partial charge in [0.1, 0.15) is 11.6 Å². The number of aromatic hydroxyl groups is 1. The molecule has 2 aromatic carbocycles. The summed E-state index contributed by atoms with van der Waals surface area (Å²) in [5, 5.41) is 13.3. The predicted octanol–water partition coefficient (Wildman–Crippen LogP) is 4.32. The normalized spacial score (nSPS) is 10.8. The van der Waals surface area contributed by atoms with Crippen molar-refractivity contribution >= 4 is 15.9 Å². The summed E-state index contributed by atoms with van der Waals surface area (Å²) in [5.74, 6) is 0.414. The molecule has 1 aromatic heterocycles. The van der Waals surface area contributed by atoms with E-state index in [2.05, 4.69) is 26.1 Å². The van der Waals surface area contributed by atoms with Crippen molar-refractivity contribution in [3.63, 3.8) is 0 Å². The van der Waals surface area contributed by atoms with Crippen molar-refractivity contribution in [3.8, 4) is 28.6 Å². The maximum atomic E-state index is 13.4. The molecule has 0 radical (unpaired) electrons. The van der Waals surface area contributed by atoms with E-state index in [-0.39, 0.29) is 11.6 Å². The molecule has 0 saturated heterocycles. The number of phenolic OH excluding ortho intramolecular Hbond substituents is 1. The first kappa shape index (κ1) is 13.8. The van der Waals surface area contributed by atoms with Crippen LogP contribution in [-0.4, -0.2) is 15.2 Å². The van der Waals surface area contributed by atoms with Gasteiger partial charge < -0.3 is 9.63 Å². The lowest BCUT2D eigenvalue weighted by molar-refractivity contribution is 0.432. The van der Waals surface area contributed by atoms with Gasteiger partial charge in [-0.25, -0.2) is 4.39 Å². The molecule has 1 N–H and O–H groups in total. The molecular weight excluding hydrogens is 339 g/mol. The highest BCUT2D eigenvalue weighted by Crippen LogP contribution is 2.28. The van der Waals surface area contributed by atoms with Crippen LogP contribution in [0.25, 0.3) is 22.8 Å². The van der Waals surface area contributed by atoms with Crippen molar-refractivity contribution in [2.45, 2.75) is 6.92 Å². The van der Waals surface area contributed by atoms with Crippen LogP contribution in [0.1, 0.15) is 5.56 Å². The number of hydrogen-bond acceptors (Lipinski definition) is 4. The number of hydrogen-bond donors (Lipinski definition) is 1. The van der Waals surface area contributed by atoms with E-state index in [1.807, 2.05) is 6.92 Å². The second kappa shape index (κ2) is 5.29. The van der Waals surface area contributed by atoms with Crippen molar-refractivity contribution in [1.82, 2.24) is 10.1 Å². The second-order valence-electron chi connectivity index (χ2n) is 4.58. The summed E-state index contributed by atoms with van der Waals surface area (Å²) < 4.78 is 19.2. The van der Waals surface area contributed by atoms with Crippen LogP contribution in [0.15, 0.2) is 45.4 Å². The SMILES string of the molecule is Cc1cc(O)ccc1-c1nc(-c2cc(F)cc(Br)c2)no1. The van der Waals surface area contributed by atoms with Gasteiger partial charge in [0.15, 0.2) is 0 Å². The molecule has 0 bridgehead atoms. The monoisotopic (exact) mass is 348 g/mol. The molecule has 0 saturated carbocycles. The second-order valence-corrected chi connectivity index (χ2v) is 5.50. The van der Waals surface area contributed by atoms with Crippen molar-refractivity contribution in [3.05, 3.63) is 52.3 Å². The van der Waals surface area contributed by atoms with E-state index in [0.29, 0.717) is 21.8 Å². The first-order valence-electron chi connectivity index (χ1n) is 6.13. The van der Waals surface area contributed by atoms with Gasteiger partial charge in [0.2, 0.25) is 5.82 Å². The molecule has 106 valence electrons. The Bertz CT molecular complexity index is 797. The zero-order chi connectivity index (χ0) is 15.0. The maximum absolute atomic E-state index is 13.4. The van der Waals surface area contributed by atoms with Gasteiger partial charge in [-0.3, -0.25) is 0 Å². The zero-order valence-electron chi connectivity index (χ0n) is 11.0. The van der Waals surface area contributed by atoms with E-state index in [0.717, 1.165) is 11.1 Å². The number of phenols is 1. The van der Waals surface area contributed by atoms with Crippen molar-refractivity contribution in [2.75, 3.05) is 0 Å². The summed E-state index contributed by atoms with van der Waals surface area (Å²) >= 11 is 3.23. The molecule has 1 heterocycles. The Labute approximate surface area is 128 Å². The Morgan fingerprint density at radius 2 is 2.00 bits per heavy atom. The van der Waals surface area contributed by atoms with Crippen molar-refractivity contribution in [2.24, 2.45) is 0 Å². The van der Waals surface area contributed by atoms with E-state index < -0.39 is 0 Å². The smallest absolute Gasteiger partial charge is 0.258 e. The predicted molar refractivity (Wildman–Crippen MR) is 79.2 cm³/mol. The van der Waals surface area contributed by atoms with Gasteiger partial charge in [0.05, 0.1) is 0 Å². The molecule has 0 aliphatic rings. The summed E-state index contributed by atoms with van der Waals surface area (Å²) in [6, 6.07) is 9.26. The fourth-order valence-electron chi connectivity index (χ4n) is 2.02. The molecule has 4 nitrogen and oxygen atoms in total. The number of halogens is 2. The molecule has 0 atom stereocenters. The lowest BCUT2D eigenvalue weighted by Gasteiger charge is -2.00. The summed E-state index contributed by atoms with van der Waals surface area (Å²) in [7, 11) is 0. The molecule has 3 rings (SSSR count). The van der Waals surface area contributed by atoms with Crippen LogP contribution >= 0.6 is 15.9 Å². The molecule has 0 aliphatic carbocycles. The molecule has 0 spiro atoms. The molecule has 6 heteroatoms. The Balaban J connectivity index is 2.03. The quantitative estimate of drug-likeness (QED) is 0.749. The Morgan fingerprint density at radius 3 is 2.71 bits per heavy atom. The highest BCUT2D eigenvalue weighted by atomic mass is 79.9. The molecular formula is C15H10BrFN2O2. The molecule has 0 fully saturated rings. The molecule has 0 amide bonds. The highest BCUT2D eigenvalue weighted by Gasteiger charge is 2.14. The molecule has 3 aromatic rings. The van der Waals surface area contributed by atoms with Crippen molar-refractivity contribution < 1.29 is 14.0 Å². The minimum Gasteiger partial charge on any atom is -0.508 e. The zero-order valence-corrected chi connectivity index (χ0v) is 12.6. The minimum absolute atomic E-state index is 0.171. The first-order valence-corrected chi connectivity index (χ1v) is 6.92. The summed E-state index contributed by atoms with van der Waals surface area (Å²) in [6.45, 7) is 1.83. The number of benzene rings is 2. The van der Waals surface area contributed by atoms with Crippen LogP contribution in [0.4, 0.5) is 4.39 Å². The maximum Gasteiger partial charge on any atom is 0.258 e. The lowest BCUT2D eigenvalue weighted by atomic mass is 10.1. The third kappa shape index (κ3) is 2.80. The van der Waals surface area contributed by atoms with Gasteiger partial charge in [-0.1, -0.05) is 21.1 Å². The number of rotatable bonds is 2. The van der Waals surface area contributed by atoms with Crippen molar-refractivity contribution in [1.29, 1.82) is 0 Å². The Hall–Kier alpha value is -2.21. The number of aryl methyl sites for hydroxylation is 1. The average molecular weight is 349 g/mol. The van der Waals surface area contributed by atoms with Crippen LogP contribution < -0.4 is 0 Å². The topological polar surface area (TPSA) is 59.2 Å². The third-order valence-electron chi connectivity index (χ3n) is 2.99. The van der Waals surface area contributed by atoms with Gasteiger partial charge in [0, 0.05) is 15.6 Å². The van der Waals surface area contributed by atoms with Crippen LogP contribution in [-0.2, 0) is 0 Å². The Morgan fingerprint density at radius 1 is 1.19 bits per heavy atom. The number of nitrogens with zero attached hydrogens (tertiary/aromatic N) is 2. The van der Waals surface area contributed by atoms with Gasteiger partial charge in [0.25, 0.3) is 5.89 Å². The Kier molecular flexibility index (Phi) is 3.47. The van der Waals surface area contributed by atoms with Crippen LogP contribution in [0.3, 0.4) is 0 Å². The summed E-state index contributed by atoms with van der Waals surface area (Å²) in [5.41, 5.74) is 2.06. The summed E-state index contributed by atoms with van der Waals surface area (Å²) in [6.07, 6.45) is 0. The third-order valence-corrected chi connectivity index (χ3v) is 3.45. The van der Waals surface area contributed by atoms with E-state index in [9.17, 15) is 9.50 Å². The van der Waals surface area contributed by atoms with Gasteiger partial charge >= 0.3 is 0 Å². The fraction of sp³-hybridized carbons (Fsp3) is 0.0667. The van der Waals surface area contributed by atoms with E-state index in [1.54, 1.807) is 24.3 Å². The largest absolute Gasteiger partial charge is 0.508 e. The van der Waals surface area contributed by atoms with Gasteiger partial charge in [-0.15, -0.1) is 0 Å². The average Bonchev–Trinajstić information content (AvgIpc) is 2.87. The molecule has 0 unspecified atom stereocenters. The van der Waals surface area contributed by atoms with E-state index >= 15 is 0 Å². The number of aromatic nitrogens is 2.